The van der Waals surface area contributed by atoms with Gasteiger partial charge < -0.3 is 10.6 Å². The van der Waals surface area contributed by atoms with Gasteiger partial charge in [-0.3, -0.25) is 0 Å². The lowest BCUT2D eigenvalue weighted by Crippen LogP contribution is -3.12. The third-order valence-corrected chi connectivity index (χ3v) is 1.28. The van der Waals surface area contributed by atoms with E-state index in [1.165, 1.54) is 7.11 Å². The third-order valence-electron chi connectivity index (χ3n) is 1.28. The maximum atomic E-state index is 7.13. The second-order valence-corrected chi connectivity index (χ2v) is 1.90. The van der Waals surface area contributed by atoms with Gasteiger partial charge in [-0.15, -0.1) is 10.4 Å². The first-order valence-corrected chi connectivity index (χ1v) is 2.52. The molecule has 0 aliphatic carbocycles. The molecule has 0 aromatic rings. The topological polar surface area (TPSA) is 70.8 Å². The van der Waals surface area contributed by atoms with Gasteiger partial charge in [0.15, 0.2) is 0 Å². The van der Waals surface area contributed by atoms with Gasteiger partial charge in [0.2, 0.25) is 0 Å². The van der Waals surface area contributed by atoms with Crippen molar-refractivity contribution in [2.45, 2.75) is 12.8 Å². The van der Waals surface area contributed by atoms with Gasteiger partial charge in [-0.1, -0.05) is 5.59 Å². The number of rotatable bonds is 1. The highest BCUT2D eigenvalue weighted by molar-refractivity contribution is 4.50. The van der Waals surface area contributed by atoms with E-state index in [-0.39, 0.29) is 5.17 Å². The summed E-state index contributed by atoms with van der Waals surface area (Å²) in [7, 11) is 1.50. The summed E-state index contributed by atoms with van der Waals surface area (Å²) in [5.74, 6) is 6.32. The highest BCUT2D eigenvalue weighted by atomic mass is 16.9. The lowest BCUT2D eigenvalue weighted by Gasteiger charge is -2.25. The van der Waals surface area contributed by atoms with Crippen molar-refractivity contribution in [2.24, 2.45) is 0 Å². The van der Waals surface area contributed by atoms with E-state index in [1.54, 1.807) is 6.92 Å². The van der Waals surface area contributed by atoms with Crippen LogP contribution in [-0.4, -0.2) is 13.0 Å². The fourth-order valence-corrected chi connectivity index (χ4v) is 0.472. The van der Waals surface area contributed by atoms with Gasteiger partial charge in [-0.05, 0) is 0 Å². The Morgan fingerprint density at radius 2 is 2.44 bits per heavy atom. The summed E-state index contributed by atoms with van der Waals surface area (Å²) in [4.78, 5) is 4.56. The number of hydrogen-bond donors (Lipinski definition) is 3. The molecule has 1 heterocycles. The molecular formula is C3H10N4O2. The number of nitrogens with one attached hydrogen (secondary N) is 4. The summed E-state index contributed by atoms with van der Waals surface area (Å²) in [5.41, 5.74) is 4.93. The molecule has 9 heavy (non-hydrogen) atoms. The number of quaternary nitrogens is 1. The minimum atomic E-state index is -0.806. The maximum Gasteiger partial charge on any atom is 0.295 e. The molecule has 6 nitrogen and oxygen atoms in total. The van der Waals surface area contributed by atoms with Gasteiger partial charge in [0.25, 0.3) is 5.85 Å². The van der Waals surface area contributed by atoms with E-state index in [4.69, 9.17) is 10.6 Å². The monoisotopic (exact) mass is 134 g/mol. The minimum absolute atomic E-state index is 0.0324. The van der Waals surface area contributed by atoms with Gasteiger partial charge in [0.1, 0.15) is 0 Å². The molecule has 0 amide bonds. The Hall–Kier alpha value is -0.240. The van der Waals surface area contributed by atoms with E-state index in [0.29, 0.717) is 0 Å². The third kappa shape index (κ3) is 1.04. The Labute approximate surface area is 52.7 Å². The number of hydroxylamine groups is 1. The number of hydrazine groups is 1. The minimum Gasteiger partial charge on any atom is -0.429 e. The molecule has 2 atom stereocenters. The summed E-state index contributed by atoms with van der Waals surface area (Å²) < 4.78 is 4.89. The first-order valence-electron chi connectivity index (χ1n) is 2.52. The second-order valence-electron chi connectivity index (χ2n) is 1.90. The molecule has 0 aromatic heterocycles. The summed E-state index contributed by atoms with van der Waals surface area (Å²) in [5, 5.41) is 0.0324. The fraction of sp³-hybridized carbons (Fsp3) is 1.00. The Kier molecular flexibility index (Phi) is 1.66. The van der Waals surface area contributed by atoms with Crippen LogP contribution in [0.3, 0.4) is 0 Å². The van der Waals surface area contributed by atoms with Crippen LogP contribution in [0.25, 0.3) is 5.84 Å². The Bertz CT molecular complexity index is 110. The first kappa shape index (κ1) is 6.87. The Morgan fingerprint density at radius 1 is 1.78 bits per heavy atom. The molecule has 2 unspecified atom stereocenters. The average Bonchev–Trinajstić information content (AvgIpc) is 2.15. The van der Waals surface area contributed by atoms with Crippen molar-refractivity contribution in [3.05, 3.63) is 5.84 Å². The molecule has 0 aromatic carbocycles. The molecule has 0 radical (unpaired) electrons. The standard InChI is InChI=1S/C3H10N4O2/c1-3(8-2)5-6-9-7(3)4/h4-7H,1-2H3. The van der Waals surface area contributed by atoms with Crippen LogP contribution in [0.5, 0.6) is 0 Å². The van der Waals surface area contributed by atoms with Crippen molar-refractivity contribution in [3.63, 3.8) is 0 Å². The lowest BCUT2D eigenvalue weighted by atomic mass is 10.5. The first-order chi connectivity index (χ1) is 4.19. The predicted octanol–water partition coefficient (Wildman–Crippen LogP) is -1.89. The summed E-state index contributed by atoms with van der Waals surface area (Å²) in [6.45, 7) is 1.69. The van der Waals surface area contributed by atoms with E-state index in [0.717, 1.165) is 0 Å². The van der Waals surface area contributed by atoms with Crippen molar-refractivity contribution in [3.8, 4) is 0 Å². The van der Waals surface area contributed by atoms with Crippen LogP contribution in [-0.2, 0) is 9.68 Å². The smallest absolute Gasteiger partial charge is 0.295 e. The van der Waals surface area contributed by atoms with Crippen LogP contribution in [0.4, 0.5) is 0 Å². The van der Waals surface area contributed by atoms with Gasteiger partial charge in [0.05, 0.1) is 0 Å². The molecule has 1 saturated heterocycles. The second kappa shape index (κ2) is 2.18. The lowest BCUT2D eigenvalue weighted by molar-refractivity contribution is -1.10. The molecule has 1 rings (SSSR count). The largest absolute Gasteiger partial charge is 0.429 e. The normalized spacial score (nSPS) is 43.7. The molecular weight excluding hydrogens is 124 g/mol. The highest BCUT2D eigenvalue weighted by Gasteiger charge is 2.37. The van der Waals surface area contributed by atoms with E-state index in [1.807, 2.05) is 0 Å². The van der Waals surface area contributed by atoms with Crippen LogP contribution in [0.2, 0.25) is 0 Å². The van der Waals surface area contributed by atoms with E-state index < -0.39 is 5.85 Å². The molecule has 6 heteroatoms. The maximum absolute atomic E-state index is 7.13. The van der Waals surface area contributed by atoms with Gasteiger partial charge >= 0.3 is 0 Å². The molecule has 0 saturated carbocycles. The Balaban J connectivity index is 2.56. The summed E-state index contributed by atoms with van der Waals surface area (Å²) in [6.07, 6.45) is 0. The van der Waals surface area contributed by atoms with Crippen molar-refractivity contribution in [1.29, 1.82) is 0 Å². The van der Waals surface area contributed by atoms with Crippen molar-refractivity contribution in [2.75, 3.05) is 7.11 Å². The zero-order valence-electron chi connectivity index (χ0n) is 5.32. The highest BCUT2D eigenvalue weighted by Crippen LogP contribution is 1.94. The number of ether oxygens (including phenoxy) is 1. The van der Waals surface area contributed by atoms with Crippen LogP contribution >= 0.6 is 0 Å². The van der Waals surface area contributed by atoms with Crippen LogP contribution in [0.1, 0.15) is 6.92 Å². The van der Waals surface area contributed by atoms with Crippen LogP contribution in [0.15, 0.2) is 0 Å². The van der Waals surface area contributed by atoms with Crippen molar-refractivity contribution in [1.82, 2.24) is 11.0 Å². The molecule has 0 bridgehead atoms. The molecule has 4 N–H and O–H groups in total. The zero-order valence-corrected chi connectivity index (χ0v) is 5.32. The van der Waals surface area contributed by atoms with Gasteiger partial charge in [0, 0.05) is 14.0 Å². The number of hydrogen-bond acceptors (Lipinski definition) is 4. The molecule has 54 valence electrons. The molecule has 1 aliphatic heterocycles. The van der Waals surface area contributed by atoms with Crippen molar-refractivity contribution < 1.29 is 14.8 Å². The van der Waals surface area contributed by atoms with Crippen LogP contribution < -0.4 is 16.2 Å². The Morgan fingerprint density at radius 3 is 2.67 bits per heavy atom. The SMILES string of the molecule is COC1(C)NNO[NH+]1[NH-]. The predicted molar refractivity (Wildman–Crippen MR) is 28.1 cm³/mol. The summed E-state index contributed by atoms with van der Waals surface area (Å²) >= 11 is 0. The van der Waals surface area contributed by atoms with Gasteiger partial charge in [-0.2, -0.15) is 5.17 Å². The zero-order chi connectivity index (χ0) is 6.91. The quantitative estimate of drug-likeness (QED) is 0.392. The van der Waals surface area contributed by atoms with Crippen molar-refractivity contribution >= 4 is 0 Å². The van der Waals surface area contributed by atoms with Gasteiger partial charge in [-0.25, -0.2) is 0 Å². The fourth-order valence-electron chi connectivity index (χ4n) is 0.472. The van der Waals surface area contributed by atoms with E-state index in [9.17, 15) is 0 Å². The van der Waals surface area contributed by atoms with Crippen LogP contribution in [0, 0.1) is 0 Å². The molecule has 1 aliphatic rings. The number of methoxy groups -OCH3 is 1. The average molecular weight is 134 g/mol. The summed E-state index contributed by atoms with van der Waals surface area (Å²) in [6, 6.07) is 0. The van der Waals surface area contributed by atoms with E-state index in [2.05, 4.69) is 16.0 Å². The van der Waals surface area contributed by atoms with E-state index >= 15 is 0 Å². The molecule has 1 fully saturated rings. The molecule has 0 spiro atoms.